The van der Waals surface area contributed by atoms with Crippen LogP contribution in [-0.2, 0) is 23.0 Å². The summed E-state index contributed by atoms with van der Waals surface area (Å²) in [5.41, 5.74) is 1.77. The molecule has 0 atom stereocenters. The van der Waals surface area contributed by atoms with E-state index in [2.05, 4.69) is 14.9 Å². The van der Waals surface area contributed by atoms with Gasteiger partial charge >= 0.3 is 0 Å². The number of H-pyrrole nitrogens is 1. The van der Waals surface area contributed by atoms with Gasteiger partial charge in [-0.05, 0) is 18.1 Å². The van der Waals surface area contributed by atoms with Gasteiger partial charge < -0.3 is 0 Å². The van der Waals surface area contributed by atoms with Crippen molar-refractivity contribution in [2.45, 2.75) is 13.0 Å². The first kappa shape index (κ1) is 12.8. The van der Waals surface area contributed by atoms with E-state index in [0.29, 0.717) is 6.42 Å². The lowest BCUT2D eigenvalue weighted by Gasteiger charge is -2.05. The first-order valence-corrected chi connectivity index (χ1v) is 7.30. The van der Waals surface area contributed by atoms with Crippen LogP contribution in [0.5, 0.6) is 0 Å². The molecule has 6 heteroatoms. The van der Waals surface area contributed by atoms with Gasteiger partial charge in [0, 0.05) is 6.20 Å². The van der Waals surface area contributed by atoms with Crippen LogP contribution in [0, 0.1) is 0 Å². The fourth-order valence-electron chi connectivity index (χ4n) is 1.54. The zero-order valence-electron chi connectivity index (χ0n) is 9.83. The number of rotatable bonds is 6. The molecule has 0 aliphatic heterocycles. The van der Waals surface area contributed by atoms with Crippen molar-refractivity contribution in [3.63, 3.8) is 0 Å². The van der Waals surface area contributed by atoms with Gasteiger partial charge in [0.25, 0.3) is 0 Å². The Morgan fingerprint density at radius 3 is 2.61 bits per heavy atom. The Balaban J connectivity index is 1.84. The van der Waals surface area contributed by atoms with Gasteiger partial charge in [-0.25, -0.2) is 13.1 Å². The summed E-state index contributed by atoms with van der Waals surface area (Å²) in [5.74, 6) is 0.0884. The van der Waals surface area contributed by atoms with Crippen LogP contribution in [-0.4, -0.2) is 24.4 Å². The highest BCUT2D eigenvalue weighted by Gasteiger charge is 2.10. The molecule has 0 spiro atoms. The molecular weight excluding hydrogens is 250 g/mol. The van der Waals surface area contributed by atoms with Crippen LogP contribution in [0.1, 0.15) is 11.3 Å². The van der Waals surface area contributed by atoms with Crippen molar-refractivity contribution in [1.82, 2.24) is 14.9 Å². The molecule has 2 aromatic rings. The molecule has 0 unspecified atom stereocenters. The first-order valence-electron chi connectivity index (χ1n) is 5.65. The van der Waals surface area contributed by atoms with Crippen molar-refractivity contribution in [3.8, 4) is 0 Å². The predicted octanol–water partition coefficient (Wildman–Crippen LogP) is 1.07. The standard InChI is InChI=1S/C12H15N3O2S/c16-18(17,14-10-12-6-8-13-15-12)9-7-11-4-2-1-3-5-11/h1-6,8,14H,7,9-10H2,(H,13,15). The quantitative estimate of drug-likeness (QED) is 0.820. The van der Waals surface area contributed by atoms with Crippen molar-refractivity contribution in [2.75, 3.05) is 5.75 Å². The number of nitrogens with one attached hydrogen (secondary N) is 2. The molecule has 96 valence electrons. The average Bonchev–Trinajstić information content (AvgIpc) is 2.89. The van der Waals surface area contributed by atoms with Crippen molar-refractivity contribution >= 4 is 10.0 Å². The minimum atomic E-state index is -3.25. The molecule has 0 bridgehead atoms. The Hall–Kier alpha value is -1.66. The Morgan fingerprint density at radius 1 is 1.17 bits per heavy atom. The van der Waals surface area contributed by atoms with Crippen LogP contribution in [0.15, 0.2) is 42.6 Å². The third-order valence-electron chi connectivity index (χ3n) is 2.54. The first-order chi connectivity index (χ1) is 8.66. The zero-order valence-corrected chi connectivity index (χ0v) is 10.7. The van der Waals surface area contributed by atoms with E-state index < -0.39 is 10.0 Å². The number of aromatic nitrogens is 2. The summed E-state index contributed by atoms with van der Waals surface area (Å²) in [6.07, 6.45) is 2.10. The van der Waals surface area contributed by atoms with Crippen LogP contribution >= 0.6 is 0 Å². The Morgan fingerprint density at radius 2 is 1.94 bits per heavy atom. The van der Waals surface area contributed by atoms with Gasteiger partial charge in [0.2, 0.25) is 10.0 Å². The molecular formula is C12H15N3O2S. The summed E-state index contributed by atoms with van der Waals surface area (Å²) in [6.45, 7) is 0.247. The second-order valence-corrected chi connectivity index (χ2v) is 5.88. The van der Waals surface area contributed by atoms with Gasteiger partial charge in [-0.2, -0.15) is 5.10 Å². The lowest BCUT2D eigenvalue weighted by molar-refractivity contribution is 0.579. The van der Waals surface area contributed by atoms with Crippen LogP contribution in [0.2, 0.25) is 0 Å². The summed E-state index contributed by atoms with van der Waals surface area (Å²) in [4.78, 5) is 0. The summed E-state index contributed by atoms with van der Waals surface area (Å²) >= 11 is 0. The summed E-state index contributed by atoms with van der Waals surface area (Å²) in [6, 6.07) is 11.3. The number of aryl methyl sites for hydroxylation is 1. The lowest BCUT2D eigenvalue weighted by atomic mass is 10.2. The lowest BCUT2D eigenvalue weighted by Crippen LogP contribution is -2.27. The number of hydrogen-bond acceptors (Lipinski definition) is 3. The zero-order chi connectivity index (χ0) is 12.8. The van der Waals surface area contributed by atoms with Gasteiger partial charge in [-0.15, -0.1) is 0 Å². The highest BCUT2D eigenvalue weighted by atomic mass is 32.2. The van der Waals surface area contributed by atoms with Gasteiger partial charge in [0.1, 0.15) is 0 Å². The van der Waals surface area contributed by atoms with E-state index in [4.69, 9.17) is 0 Å². The molecule has 2 N–H and O–H groups in total. The fraction of sp³-hybridized carbons (Fsp3) is 0.250. The van der Waals surface area contributed by atoms with Crippen LogP contribution in [0.4, 0.5) is 0 Å². The normalized spacial score (nSPS) is 11.6. The Labute approximate surface area is 106 Å². The van der Waals surface area contributed by atoms with Gasteiger partial charge in [0.15, 0.2) is 0 Å². The number of hydrogen-bond donors (Lipinski definition) is 2. The average molecular weight is 265 g/mol. The maximum atomic E-state index is 11.8. The molecule has 1 aromatic carbocycles. The number of nitrogens with zero attached hydrogens (tertiary/aromatic N) is 1. The third-order valence-corrected chi connectivity index (χ3v) is 3.87. The summed E-state index contributed by atoms with van der Waals surface area (Å²) in [5, 5.41) is 6.46. The molecule has 0 aliphatic carbocycles. The van der Waals surface area contributed by atoms with Gasteiger partial charge in [0.05, 0.1) is 18.0 Å². The van der Waals surface area contributed by atoms with Gasteiger partial charge in [-0.1, -0.05) is 30.3 Å². The summed E-state index contributed by atoms with van der Waals surface area (Å²) in [7, 11) is -3.25. The molecule has 0 aliphatic rings. The molecule has 0 radical (unpaired) electrons. The maximum Gasteiger partial charge on any atom is 0.212 e. The number of sulfonamides is 1. The van der Waals surface area contributed by atoms with E-state index in [1.807, 2.05) is 30.3 Å². The van der Waals surface area contributed by atoms with E-state index >= 15 is 0 Å². The topological polar surface area (TPSA) is 74.8 Å². The number of benzene rings is 1. The van der Waals surface area contributed by atoms with Crippen molar-refractivity contribution in [1.29, 1.82) is 0 Å². The van der Waals surface area contributed by atoms with Gasteiger partial charge in [-0.3, -0.25) is 5.10 Å². The Kier molecular flexibility index (Phi) is 4.11. The van der Waals surface area contributed by atoms with Crippen molar-refractivity contribution < 1.29 is 8.42 Å². The molecule has 0 saturated carbocycles. The molecule has 1 aromatic heterocycles. The number of aromatic amines is 1. The molecule has 18 heavy (non-hydrogen) atoms. The third kappa shape index (κ3) is 3.97. The largest absolute Gasteiger partial charge is 0.281 e. The molecule has 0 saturated heterocycles. The fourth-order valence-corrected chi connectivity index (χ4v) is 2.56. The van der Waals surface area contributed by atoms with Crippen LogP contribution < -0.4 is 4.72 Å². The second kappa shape index (κ2) is 5.79. The van der Waals surface area contributed by atoms with Crippen molar-refractivity contribution in [3.05, 3.63) is 53.9 Å². The SMILES string of the molecule is O=S(=O)(CCc1ccccc1)NCc1ccn[nH]1. The molecule has 5 nitrogen and oxygen atoms in total. The van der Waals surface area contributed by atoms with E-state index in [-0.39, 0.29) is 12.3 Å². The maximum absolute atomic E-state index is 11.8. The van der Waals surface area contributed by atoms with E-state index in [0.717, 1.165) is 11.3 Å². The molecule has 0 fully saturated rings. The smallest absolute Gasteiger partial charge is 0.212 e. The minimum absolute atomic E-state index is 0.0884. The summed E-state index contributed by atoms with van der Waals surface area (Å²) < 4.78 is 26.0. The monoisotopic (exact) mass is 265 g/mol. The molecule has 2 rings (SSSR count). The highest BCUT2D eigenvalue weighted by Crippen LogP contribution is 2.02. The second-order valence-electron chi connectivity index (χ2n) is 3.96. The van der Waals surface area contributed by atoms with Crippen LogP contribution in [0.3, 0.4) is 0 Å². The predicted molar refractivity (Wildman–Crippen MR) is 69.4 cm³/mol. The molecule has 0 amide bonds. The minimum Gasteiger partial charge on any atom is -0.281 e. The van der Waals surface area contributed by atoms with Crippen LogP contribution in [0.25, 0.3) is 0 Å². The van der Waals surface area contributed by atoms with Crippen molar-refractivity contribution in [2.24, 2.45) is 0 Å². The molecule has 1 heterocycles. The van der Waals surface area contributed by atoms with E-state index in [9.17, 15) is 8.42 Å². The Bertz CT molecular complexity index is 565. The van der Waals surface area contributed by atoms with E-state index in [1.54, 1.807) is 12.3 Å². The highest BCUT2D eigenvalue weighted by molar-refractivity contribution is 7.89. The van der Waals surface area contributed by atoms with E-state index in [1.165, 1.54) is 0 Å².